The van der Waals surface area contributed by atoms with Crippen molar-refractivity contribution in [1.82, 2.24) is 4.31 Å². The van der Waals surface area contributed by atoms with Gasteiger partial charge in [0.2, 0.25) is 15.9 Å². The maximum atomic E-state index is 13.3. The second kappa shape index (κ2) is 9.43. The van der Waals surface area contributed by atoms with E-state index in [1.54, 1.807) is 24.3 Å². The third kappa shape index (κ3) is 4.83. The zero-order valence-corrected chi connectivity index (χ0v) is 18.9. The minimum absolute atomic E-state index is 0.00570. The molecule has 1 amide bonds. The molecule has 1 fully saturated rings. The molecule has 0 bridgehead atoms. The smallest absolute Gasteiger partial charge is 0.246 e. The number of nitrogens with one attached hydrogen (secondary N) is 1. The third-order valence-corrected chi connectivity index (χ3v) is 7.37. The fraction of sp³-hybridized carbons (Fsp3) is 0.350. The van der Waals surface area contributed by atoms with Crippen LogP contribution in [0.5, 0.6) is 11.5 Å². The van der Waals surface area contributed by atoms with Crippen molar-refractivity contribution in [2.75, 3.05) is 32.6 Å². The first kappa shape index (κ1) is 22.7. The minimum atomic E-state index is -3.89. The highest BCUT2D eigenvalue weighted by Crippen LogP contribution is 2.33. The van der Waals surface area contributed by atoms with Crippen LogP contribution in [-0.4, -0.2) is 45.9 Å². The van der Waals surface area contributed by atoms with Gasteiger partial charge in [0, 0.05) is 24.2 Å². The molecular formula is C20H22Cl2N2O5S. The van der Waals surface area contributed by atoms with Crippen LogP contribution in [0.1, 0.15) is 12.8 Å². The van der Waals surface area contributed by atoms with E-state index in [1.165, 1.54) is 30.7 Å². The predicted octanol–water partition coefficient (Wildman–Crippen LogP) is 4.05. The molecule has 1 N–H and O–H groups in total. The van der Waals surface area contributed by atoms with E-state index in [4.69, 9.17) is 32.7 Å². The maximum absolute atomic E-state index is 13.3. The van der Waals surface area contributed by atoms with Gasteiger partial charge in [-0.25, -0.2) is 8.42 Å². The van der Waals surface area contributed by atoms with Crippen LogP contribution >= 0.6 is 23.2 Å². The number of rotatable bonds is 6. The van der Waals surface area contributed by atoms with E-state index in [0.29, 0.717) is 40.9 Å². The van der Waals surface area contributed by atoms with Gasteiger partial charge in [0.15, 0.2) is 0 Å². The van der Waals surface area contributed by atoms with Gasteiger partial charge in [-0.1, -0.05) is 23.2 Å². The fourth-order valence-electron chi connectivity index (χ4n) is 3.33. The van der Waals surface area contributed by atoms with Crippen LogP contribution < -0.4 is 14.8 Å². The molecule has 0 aromatic heterocycles. The summed E-state index contributed by atoms with van der Waals surface area (Å²) >= 11 is 12.0. The molecule has 0 radical (unpaired) electrons. The van der Waals surface area contributed by atoms with Crippen molar-refractivity contribution in [3.05, 3.63) is 46.4 Å². The molecule has 1 heterocycles. The molecule has 30 heavy (non-hydrogen) atoms. The quantitative estimate of drug-likeness (QED) is 0.685. The number of hydrogen-bond acceptors (Lipinski definition) is 5. The topological polar surface area (TPSA) is 84.9 Å². The lowest BCUT2D eigenvalue weighted by atomic mass is 9.99. The molecule has 1 aliphatic rings. The number of carbonyl (C=O) groups excluding carboxylic acids is 1. The molecule has 2 aromatic rings. The lowest BCUT2D eigenvalue weighted by Gasteiger charge is -2.31. The predicted molar refractivity (Wildman–Crippen MR) is 116 cm³/mol. The summed E-state index contributed by atoms with van der Waals surface area (Å²) in [5.41, 5.74) is 0.431. The van der Waals surface area contributed by atoms with E-state index in [9.17, 15) is 13.2 Å². The zero-order chi connectivity index (χ0) is 21.9. The van der Waals surface area contributed by atoms with Gasteiger partial charge in [0.05, 0.1) is 30.8 Å². The fourth-order valence-corrected chi connectivity index (χ4v) is 5.48. The molecule has 162 valence electrons. The molecule has 0 saturated carbocycles. The molecule has 0 spiro atoms. The van der Waals surface area contributed by atoms with E-state index in [0.717, 1.165) is 0 Å². The molecule has 7 nitrogen and oxygen atoms in total. The number of carbonyl (C=O) groups is 1. The summed E-state index contributed by atoms with van der Waals surface area (Å²) < 4.78 is 38.2. The van der Waals surface area contributed by atoms with Crippen molar-refractivity contribution in [2.45, 2.75) is 17.7 Å². The molecule has 3 rings (SSSR count). The van der Waals surface area contributed by atoms with Gasteiger partial charge in [-0.15, -0.1) is 0 Å². The Kier molecular flexibility index (Phi) is 7.13. The van der Waals surface area contributed by atoms with Gasteiger partial charge in [-0.2, -0.15) is 4.31 Å². The average molecular weight is 473 g/mol. The number of methoxy groups -OCH3 is 2. The molecule has 2 aromatic carbocycles. The molecule has 0 unspecified atom stereocenters. The van der Waals surface area contributed by atoms with Crippen LogP contribution in [0.4, 0.5) is 5.69 Å². The van der Waals surface area contributed by atoms with Crippen molar-refractivity contribution in [3.63, 3.8) is 0 Å². The van der Waals surface area contributed by atoms with Crippen molar-refractivity contribution >= 4 is 44.8 Å². The number of hydrogen-bond donors (Lipinski definition) is 1. The van der Waals surface area contributed by atoms with Crippen LogP contribution in [0.2, 0.25) is 10.0 Å². The summed E-state index contributed by atoms with van der Waals surface area (Å²) in [5.74, 6) is -0.193. The van der Waals surface area contributed by atoms with Crippen LogP contribution in [0.3, 0.4) is 0 Å². The second-order valence-electron chi connectivity index (χ2n) is 6.83. The second-order valence-corrected chi connectivity index (χ2v) is 9.58. The van der Waals surface area contributed by atoms with Gasteiger partial charge >= 0.3 is 0 Å². The maximum Gasteiger partial charge on any atom is 0.246 e. The number of piperidine rings is 1. The van der Waals surface area contributed by atoms with E-state index in [2.05, 4.69) is 5.32 Å². The van der Waals surface area contributed by atoms with Gasteiger partial charge in [-0.3, -0.25) is 4.79 Å². The number of benzene rings is 2. The highest BCUT2D eigenvalue weighted by Gasteiger charge is 2.35. The largest absolute Gasteiger partial charge is 0.497 e. The lowest BCUT2D eigenvalue weighted by Crippen LogP contribution is -2.43. The summed E-state index contributed by atoms with van der Waals surface area (Å²) in [6.45, 7) is 0.369. The van der Waals surface area contributed by atoms with E-state index in [1.807, 2.05) is 0 Å². The average Bonchev–Trinajstić information content (AvgIpc) is 2.75. The van der Waals surface area contributed by atoms with E-state index in [-0.39, 0.29) is 23.1 Å². The number of anilines is 1. The first-order valence-electron chi connectivity index (χ1n) is 9.24. The van der Waals surface area contributed by atoms with Crippen molar-refractivity contribution in [2.24, 2.45) is 5.92 Å². The molecule has 1 aliphatic heterocycles. The van der Waals surface area contributed by atoms with E-state index < -0.39 is 15.9 Å². The van der Waals surface area contributed by atoms with Gasteiger partial charge in [0.1, 0.15) is 16.4 Å². The Hall–Kier alpha value is -2.00. The molecule has 1 atom stereocenters. The molecular weight excluding hydrogens is 451 g/mol. The van der Waals surface area contributed by atoms with Crippen molar-refractivity contribution < 1.29 is 22.7 Å². The number of ether oxygens (including phenoxy) is 2. The Morgan fingerprint density at radius 3 is 2.57 bits per heavy atom. The first-order chi connectivity index (χ1) is 14.3. The number of nitrogens with zero attached hydrogens (tertiary/aromatic N) is 1. The molecule has 0 aliphatic carbocycles. The molecule has 10 heteroatoms. The number of sulfonamides is 1. The Morgan fingerprint density at radius 1 is 1.13 bits per heavy atom. The standard InChI is InChI=1S/C20H22Cl2N2O5S/c1-28-15-6-8-18(29-2)19(11-15)30(26,27)24-9-3-4-13(12-24)20(25)23-17-7-5-14(21)10-16(17)22/h5-8,10-11,13H,3-4,9,12H2,1-2H3,(H,23,25)/t13-/m0/s1. The van der Waals surface area contributed by atoms with E-state index >= 15 is 0 Å². The van der Waals surface area contributed by atoms with Crippen LogP contribution in [0.15, 0.2) is 41.3 Å². The number of amides is 1. The summed E-state index contributed by atoms with van der Waals surface area (Å²) in [6, 6.07) is 9.36. The SMILES string of the molecule is COc1ccc(OC)c(S(=O)(=O)N2CCC[C@H](C(=O)Nc3ccc(Cl)cc3Cl)C2)c1. The molecule has 1 saturated heterocycles. The summed E-state index contributed by atoms with van der Waals surface area (Å²) in [7, 11) is -1.02. The minimum Gasteiger partial charge on any atom is -0.497 e. The zero-order valence-electron chi connectivity index (χ0n) is 16.5. The Balaban J connectivity index is 1.80. The monoisotopic (exact) mass is 472 g/mol. The number of halogens is 2. The summed E-state index contributed by atoms with van der Waals surface area (Å²) in [6.07, 6.45) is 1.12. The Morgan fingerprint density at radius 2 is 1.90 bits per heavy atom. The first-order valence-corrected chi connectivity index (χ1v) is 11.4. The highest BCUT2D eigenvalue weighted by atomic mass is 35.5. The van der Waals surface area contributed by atoms with Crippen molar-refractivity contribution in [1.29, 1.82) is 0 Å². The van der Waals surface area contributed by atoms with Crippen molar-refractivity contribution in [3.8, 4) is 11.5 Å². The third-order valence-electron chi connectivity index (χ3n) is 4.93. The Bertz CT molecular complexity index is 1050. The Labute approximate surface area is 185 Å². The summed E-state index contributed by atoms with van der Waals surface area (Å²) in [4.78, 5) is 12.8. The van der Waals surface area contributed by atoms with Gasteiger partial charge in [0.25, 0.3) is 0 Å². The highest BCUT2D eigenvalue weighted by molar-refractivity contribution is 7.89. The lowest BCUT2D eigenvalue weighted by molar-refractivity contribution is -0.120. The summed E-state index contributed by atoms with van der Waals surface area (Å²) in [5, 5.41) is 3.54. The van der Waals surface area contributed by atoms with Crippen LogP contribution in [-0.2, 0) is 14.8 Å². The van der Waals surface area contributed by atoms with Crippen LogP contribution in [0.25, 0.3) is 0 Å². The van der Waals surface area contributed by atoms with Gasteiger partial charge in [-0.05, 0) is 43.2 Å². The normalized spacial score (nSPS) is 17.4. The van der Waals surface area contributed by atoms with Crippen LogP contribution in [0, 0.1) is 5.92 Å². The van der Waals surface area contributed by atoms with Gasteiger partial charge < -0.3 is 14.8 Å².